The molecule has 16 heterocycles. The summed E-state index contributed by atoms with van der Waals surface area (Å²) in [6.45, 7) is 17.5. The number of rotatable bonds is 30. The summed E-state index contributed by atoms with van der Waals surface area (Å²) in [6, 6.07) is 46.8. The molecular formula is C109H121Cl2F3N26O9S. The molecule has 22 rings (SSSR count). The van der Waals surface area contributed by atoms with Crippen molar-refractivity contribution in [3.8, 4) is 11.6 Å². The minimum absolute atomic E-state index is 0.0102. The minimum atomic E-state index is -1.09. The van der Waals surface area contributed by atoms with Crippen LogP contribution in [0.2, 0.25) is 10.3 Å². The number of thiophene rings is 1. The number of hydrogen-bond acceptors (Lipinski definition) is 24. The molecule has 35 nitrogen and oxygen atoms in total. The number of carbonyl (C=O) groups excluding carboxylic acids is 6. The lowest BCUT2D eigenvalue weighted by Gasteiger charge is -2.38. The van der Waals surface area contributed by atoms with Crippen molar-refractivity contribution in [2.24, 2.45) is 5.92 Å². The maximum absolute atomic E-state index is 13.6. The van der Waals surface area contributed by atoms with Gasteiger partial charge in [-0.05, 0) is 304 Å². The number of hydrogen-bond donors (Lipinski definition) is 6. The highest BCUT2D eigenvalue weighted by molar-refractivity contribution is 7.09. The van der Waals surface area contributed by atoms with Gasteiger partial charge >= 0.3 is 0 Å². The Morgan fingerprint density at radius 3 is 1.19 bits per heavy atom. The standard InChI is InChI=1S/C20H15ClFN5O.C18H19ClFN5O2.C18H23FN4O.C18H20N4O2.C18H20N4OS.C17H24N4O2/c21-16-9-8-15-19(25-16)27(17-10-7-14(22)12-23-17)20(24-15)26-18(28)11-6-13-4-2-1-3-5-13;1-18(2,3)27-9-8-15(26)24-17-22-12-5-6-13(19)23-16(12)25(17)14-7-4-11(20)10-21-14;1-11-6-7-14-16(20-11)23(13-4-3-5-13)17(21-14)22-15(24)8-12-9-18(2,19)10-12;2*1-12-7-9-15-17(19-12)22(13-4-2-5-13)18(20-15)21-16(23)10-8-14-6-3-11-24-14;1-11-7-9-14-16(18-11)21(13-5-4-6-13)17(19-14)20-15(22)10-8-12(2)23-3/h1-5,7-10,12H,6,11H2,(H,24,26,28);4-7,10H,8-9H2,1-3H3,(H,22,24,26);6-7,12-13H,3-5,8-10H2,1-2H3,(H,21,22,24);2*3,6-7,9,11,13H,2,4-5,8,10H2,1H3,(H,20,21,23);7,9,12-13H,4-6,8,10H2,1-3H3,(H,19,20,22). The van der Waals surface area contributed by atoms with Gasteiger partial charge in [-0.15, -0.1) is 11.3 Å². The largest absolute Gasteiger partial charge is 0.469 e. The van der Waals surface area contributed by atoms with E-state index in [1.807, 2.05) is 158 Å². The lowest BCUT2D eigenvalue weighted by atomic mass is 9.72. The summed E-state index contributed by atoms with van der Waals surface area (Å²) >= 11 is 13.7. The molecule has 0 saturated heterocycles. The number of methoxy groups -OCH3 is 1. The Morgan fingerprint density at radius 2 is 0.820 bits per heavy atom. The van der Waals surface area contributed by atoms with E-state index in [1.54, 1.807) is 60.5 Å². The highest BCUT2D eigenvalue weighted by Crippen LogP contribution is 2.45. The molecule has 0 aliphatic heterocycles. The zero-order valence-electron chi connectivity index (χ0n) is 85.3. The second-order valence-corrected chi connectivity index (χ2v) is 41.3. The minimum Gasteiger partial charge on any atom is -0.469 e. The molecule has 17 aromatic rings. The molecule has 1 aromatic carbocycles. The Morgan fingerprint density at radius 1 is 0.440 bits per heavy atom. The molecule has 6 N–H and O–H groups in total. The van der Waals surface area contributed by atoms with Crippen LogP contribution in [0, 0.1) is 45.2 Å². The number of anilines is 6. The van der Waals surface area contributed by atoms with Crippen LogP contribution < -0.4 is 31.9 Å². The van der Waals surface area contributed by atoms with Crippen molar-refractivity contribution < 1.29 is 55.8 Å². The Hall–Kier alpha value is -14.7. The van der Waals surface area contributed by atoms with Gasteiger partial charge in [-0.25, -0.2) is 92.1 Å². The molecule has 782 valence electrons. The van der Waals surface area contributed by atoms with Crippen LogP contribution in [0.5, 0.6) is 0 Å². The van der Waals surface area contributed by atoms with Gasteiger partial charge in [-0.1, -0.05) is 59.6 Å². The van der Waals surface area contributed by atoms with Crippen molar-refractivity contribution in [2.45, 2.75) is 258 Å². The summed E-state index contributed by atoms with van der Waals surface area (Å²) in [6.07, 6.45) is 23.3. The number of nitrogens with one attached hydrogen (secondary N) is 6. The topological polar surface area (TPSA) is 416 Å². The quantitative estimate of drug-likeness (QED) is 0.0228. The third kappa shape index (κ3) is 27.3. The van der Waals surface area contributed by atoms with Crippen molar-refractivity contribution in [1.82, 2.24) is 97.2 Å². The highest BCUT2D eigenvalue weighted by Gasteiger charge is 2.42. The summed E-state index contributed by atoms with van der Waals surface area (Å²) in [4.78, 5) is 138. The van der Waals surface area contributed by atoms with E-state index in [0.29, 0.717) is 140 Å². The van der Waals surface area contributed by atoms with Gasteiger partial charge in [-0.2, -0.15) is 0 Å². The molecule has 5 fully saturated rings. The van der Waals surface area contributed by atoms with Gasteiger partial charge < -0.3 is 13.9 Å². The molecule has 6 amide bonds. The van der Waals surface area contributed by atoms with Crippen LogP contribution in [0.15, 0.2) is 180 Å². The predicted octanol–water partition coefficient (Wildman–Crippen LogP) is 22.8. The van der Waals surface area contributed by atoms with Gasteiger partial charge in [-0.3, -0.25) is 78.9 Å². The third-order valence-corrected chi connectivity index (χ3v) is 27.9. The molecule has 0 bridgehead atoms. The lowest BCUT2D eigenvalue weighted by Crippen LogP contribution is -2.38. The molecule has 0 spiro atoms. The fraction of sp³-hybridized carbons (Fsp3) is 0.394. The summed E-state index contributed by atoms with van der Waals surface area (Å²) in [5.41, 5.74) is 12.1. The van der Waals surface area contributed by atoms with Crippen molar-refractivity contribution in [3.05, 3.63) is 237 Å². The fourth-order valence-corrected chi connectivity index (χ4v) is 18.9. The first kappa shape index (κ1) is 107. The molecule has 5 aliphatic carbocycles. The summed E-state index contributed by atoms with van der Waals surface area (Å²) in [7, 11) is 1.66. The maximum atomic E-state index is 13.6. The van der Waals surface area contributed by atoms with Crippen LogP contribution in [0.3, 0.4) is 0 Å². The highest BCUT2D eigenvalue weighted by atomic mass is 35.5. The number of nitrogens with zero attached hydrogens (tertiary/aromatic N) is 20. The Balaban J connectivity index is 0.000000123. The van der Waals surface area contributed by atoms with E-state index < -0.39 is 17.3 Å². The van der Waals surface area contributed by atoms with Crippen LogP contribution in [-0.2, 0) is 57.5 Å². The number of aryl methyl sites for hydroxylation is 7. The molecule has 41 heteroatoms. The number of ether oxygens (including phenoxy) is 2. The van der Waals surface area contributed by atoms with Crippen LogP contribution in [0.25, 0.3) is 78.6 Å². The smallest absolute Gasteiger partial charge is 0.229 e. The first-order valence-corrected chi connectivity index (χ1v) is 52.4. The number of halogens is 5. The maximum Gasteiger partial charge on any atom is 0.229 e. The molecule has 0 radical (unpaired) electrons. The Bertz CT molecular complexity index is 7470. The molecule has 16 aromatic heterocycles. The molecule has 150 heavy (non-hydrogen) atoms. The predicted molar refractivity (Wildman–Crippen MR) is 573 cm³/mol. The fourth-order valence-electron chi connectivity index (χ4n) is 17.9. The number of imidazole rings is 6. The number of fused-ring (bicyclic) bond motifs is 6. The van der Waals surface area contributed by atoms with Crippen molar-refractivity contribution in [3.63, 3.8) is 0 Å². The van der Waals surface area contributed by atoms with Gasteiger partial charge in [0.2, 0.25) is 71.1 Å². The zero-order valence-corrected chi connectivity index (χ0v) is 87.6. The average molecular weight is 2100 g/mol. The first-order chi connectivity index (χ1) is 72.2. The summed E-state index contributed by atoms with van der Waals surface area (Å²) in [5, 5.41) is 20.0. The second kappa shape index (κ2) is 48.3. The third-order valence-electron chi connectivity index (χ3n) is 26.6. The number of alkyl halides is 1. The van der Waals surface area contributed by atoms with E-state index in [0.717, 1.165) is 149 Å². The number of carbonyl (C=O) groups is 6. The van der Waals surface area contributed by atoms with E-state index in [4.69, 9.17) is 37.1 Å². The van der Waals surface area contributed by atoms with Gasteiger partial charge in [0.1, 0.15) is 78.1 Å². The van der Waals surface area contributed by atoms with Crippen LogP contribution >= 0.6 is 34.5 Å². The van der Waals surface area contributed by atoms with Crippen molar-refractivity contribution >= 4 is 173 Å². The Kier molecular flexibility index (Phi) is 34.3. The number of aromatic nitrogens is 20. The first-order valence-electron chi connectivity index (χ1n) is 50.7. The average Bonchev–Trinajstić information content (AvgIpc) is 1.63. The molecule has 5 saturated carbocycles. The summed E-state index contributed by atoms with van der Waals surface area (Å²) < 4.78 is 67.6. The van der Waals surface area contributed by atoms with Gasteiger partial charge in [0, 0.05) is 97.5 Å². The molecule has 1 unspecified atom stereocenters. The normalized spacial score (nSPS) is 15.7. The number of furan rings is 1. The molecule has 5 aliphatic rings. The van der Waals surface area contributed by atoms with Gasteiger partial charge in [0.25, 0.3) is 0 Å². The van der Waals surface area contributed by atoms with E-state index in [-0.39, 0.29) is 94.7 Å². The number of amides is 6. The van der Waals surface area contributed by atoms with Gasteiger partial charge in [0.15, 0.2) is 33.9 Å². The molecule has 1 atom stereocenters. The summed E-state index contributed by atoms with van der Waals surface area (Å²) in [5.74, 6) is 3.05. The number of benzene rings is 1. The number of pyridine rings is 8. The van der Waals surface area contributed by atoms with E-state index in [9.17, 15) is 41.9 Å². The SMILES string of the molecule is CC(C)(C)OCCC(=O)Nc1nc2ccc(Cl)nc2n1-c1ccc(F)cn1.COC(C)CCC(=O)Nc1nc2ccc(C)nc2n1C1CCC1.Cc1ccc2nc(NC(=O)CC3CC(C)(F)C3)n(C3CCC3)c2n1.Cc1ccc2nc(NC(=O)CCc3ccco3)n(C3CCC3)c2n1.Cc1ccc2nc(NC(=O)CCc3cccs3)n(C3CCC3)c2n1.O=C(CCc1ccccc1)Nc1nc2ccc(Cl)nc2n1-c1ccc(F)cn1. The van der Waals surface area contributed by atoms with E-state index in [1.165, 1.54) is 59.4 Å². The monoisotopic (exact) mass is 2100 g/mol. The van der Waals surface area contributed by atoms with Gasteiger partial charge in [0.05, 0.1) is 43.4 Å². The molecular weight excluding hydrogens is 1980 g/mol. The van der Waals surface area contributed by atoms with Crippen molar-refractivity contribution in [2.75, 3.05) is 45.6 Å². The van der Waals surface area contributed by atoms with Crippen LogP contribution in [0.1, 0.15) is 233 Å². The van der Waals surface area contributed by atoms with Crippen molar-refractivity contribution in [1.29, 1.82) is 0 Å². The zero-order chi connectivity index (χ0) is 105. The van der Waals surface area contributed by atoms with Crippen LogP contribution in [-0.4, -0.2) is 164 Å². The Labute approximate surface area is 878 Å². The van der Waals surface area contributed by atoms with Crippen LogP contribution in [0.4, 0.5) is 48.9 Å². The second-order valence-electron chi connectivity index (χ2n) is 39.5. The van der Waals surface area contributed by atoms with E-state index >= 15 is 0 Å². The van der Waals surface area contributed by atoms with E-state index in [2.05, 4.69) is 126 Å². The lowest BCUT2D eigenvalue weighted by molar-refractivity contribution is -0.119.